The molecule has 0 fully saturated rings. The quantitative estimate of drug-likeness (QED) is 0.910. The predicted molar refractivity (Wildman–Crippen MR) is 96.8 cm³/mol. The number of fused-ring (bicyclic) bond motifs is 1. The smallest absolute Gasteiger partial charge is 0.243 e. The summed E-state index contributed by atoms with van der Waals surface area (Å²) >= 11 is 0. The number of amides is 2. The molecule has 3 rings (SSSR count). The second-order valence-corrected chi connectivity index (χ2v) is 6.07. The number of nitrogens with one attached hydrogen (secondary N) is 1. The van der Waals surface area contributed by atoms with E-state index in [1.165, 1.54) is 0 Å². The van der Waals surface area contributed by atoms with Gasteiger partial charge in [-0.25, -0.2) is 0 Å². The number of carbonyl (C=O) groups excluding carboxylic acids is 2. The minimum absolute atomic E-state index is 0.0330. The normalized spacial score (nSPS) is 15.6. The number of hydrogen-bond donors (Lipinski definition) is 1. The molecule has 2 amide bonds. The highest BCUT2D eigenvalue weighted by Crippen LogP contribution is 2.32. The number of nitrogens with zero attached hydrogens (tertiary/aromatic N) is 1. The molecule has 0 saturated carbocycles. The van der Waals surface area contributed by atoms with Crippen LogP contribution >= 0.6 is 0 Å². The number of benzene rings is 2. The summed E-state index contributed by atoms with van der Waals surface area (Å²) in [5.74, 6) is 0.631. The van der Waals surface area contributed by atoms with Gasteiger partial charge in [0.25, 0.3) is 0 Å². The zero-order valence-corrected chi connectivity index (χ0v) is 14.5. The minimum Gasteiger partial charge on any atom is -0.497 e. The molecule has 1 aliphatic heterocycles. The van der Waals surface area contributed by atoms with Crippen molar-refractivity contribution in [1.29, 1.82) is 0 Å². The van der Waals surface area contributed by atoms with Crippen molar-refractivity contribution in [1.82, 2.24) is 5.32 Å². The van der Waals surface area contributed by atoms with Gasteiger partial charge in [-0.3, -0.25) is 14.5 Å². The third-order valence-electron chi connectivity index (χ3n) is 4.58. The van der Waals surface area contributed by atoms with Gasteiger partial charge in [0.2, 0.25) is 11.8 Å². The molecule has 1 heterocycles. The first-order valence-electron chi connectivity index (χ1n) is 8.38. The van der Waals surface area contributed by atoms with Crippen molar-refractivity contribution in [3.63, 3.8) is 0 Å². The molecule has 0 spiro atoms. The van der Waals surface area contributed by atoms with Crippen LogP contribution in [0.5, 0.6) is 5.75 Å². The average molecular weight is 338 g/mol. The number of ether oxygens (including phenoxy) is 1. The lowest BCUT2D eigenvalue weighted by molar-refractivity contribution is -0.125. The maximum absolute atomic E-state index is 12.9. The van der Waals surface area contributed by atoms with Crippen LogP contribution in [0.25, 0.3) is 0 Å². The molecule has 0 bridgehead atoms. The number of anilines is 1. The van der Waals surface area contributed by atoms with E-state index in [9.17, 15) is 9.59 Å². The van der Waals surface area contributed by atoms with Crippen LogP contribution < -0.4 is 15.0 Å². The molecular weight excluding hydrogens is 316 g/mol. The van der Waals surface area contributed by atoms with Crippen LogP contribution in [0.2, 0.25) is 0 Å². The summed E-state index contributed by atoms with van der Waals surface area (Å²) in [4.78, 5) is 26.7. The Kier molecular flexibility index (Phi) is 5.03. The highest BCUT2D eigenvalue weighted by atomic mass is 16.5. The number of para-hydroxylation sites is 1. The van der Waals surface area contributed by atoms with E-state index in [2.05, 4.69) is 5.32 Å². The lowest BCUT2D eigenvalue weighted by atomic mass is 10.1. The Morgan fingerprint density at radius 1 is 1.16 bits per heavy atom. The first-order valence-corrected chi connectivity index (χ1v) is 8.38. The highest BCUT2D eigenvalue weighted by molar-refractivity contribution is 6.03. The van der Waals surface area contributed by atoms with Gasteiger partial charge in [-0.1, -0.05) is 30.3 Å². The second kappa shape index (κ2) is 7.38. The molecule has 0 radical (unpaired) electrons. The fourth-order valence-corrected chi connectivity index (χ4v) is 3.23. The maximum atomic E-state index is 12.9. The second-order valence-electron chi connectivity index (χ2n) is 6.07. The summed E-state index contributed by atoms with van der Waals surface area (Å²) in [5.41, 5.74) is 2.95. The highest BCUT2D eigenvalue weighted by Gasteiger charge is 2.37. The predicted octanol–water partition coefficient (Wildman–Crippen LogP) is 2.33. The van der Waals surface area contributed by atoms with Crippen LogP contribution in [0.3, 0.4) is 0 Å². The number of methoxy groups -OCH3 is 1. The zero-order chi connectivity index (χ0) is 17.8. The van der Waals surface area contributed by atoms with E-state index in [1.54, 1.807) is 19.1 Å². The molecule has 0 aliphatic carbocycles. The van der Waals surface area contributed by atoms with Gasteiger partial charge in [0, 0.05) is 25.6 Å². The van der Waals surface area contributed by atoms with Crippen molar-refractivity contribution < 1.29 is 14.3 Å². The van der Waals surface area contributed by atoms with Crippen LogP contribution in [0.15, 0.2) is 48.5 Å². The molecule has 0 aromatic heterocycles. The third kappa shape index (κ3) is 3.50. The molecule has 5 heteroatoms. The Balaban J connectivity index is 1.75. The fourth-order valence-electron chi connectivity index (χ4n) is 3.23. The van der Waals surface area contributed by atoms with Crippen LogP contribution in [-0.4, -0.2) is 32.0 Å². The Bertz CT molecular complexity index is 771. The maximum Gasteiger partial charge on any atom is 0.243 e. The molecule has 1 aliphatic rings. The summed E-state index contributed by atoms with van der Waals surface area (Å²) in [6, 6.07) is 14.9. The van der Waals surface area contributed by atoms with Gasteiger partial charge in [0.05, 0.1) is 7.11 Å². The van der Waals surface area contributed by atoms with Gasteiger partial charge in [0.15, 0.2) is 0 Å². The molecule has 130 valence electrons. The van der Waals surface area contributed by atoms with Crippen molar-refractivity contribution >= 4 is 17.5 Å². The van der Waals surface area contributed by atoms with Crippen molar-refractivity contribution in [2.75, 3.05) is 19.1 Å². The van der Waals surface area contributed by atoms with Crippen molar-refractivity contribution in [3.05, 3.63) is 59.7 Å². The van der Waals surface area contributed by atoms with Gasteiger partial charge < -0.3 is 10.1 Å². The number of likely N-dealkylation sites (N-methyl/N-ethyl adjacent to an activating group) is 1. The molecule has 2 aromatic rings. The first kappa shape index (κ1) is 17.0. The number of rotatable bonds is 5. The number of carbonyl (C=O) groups is 2. The molecule has 0 saturated heterocycles. The number of aryl methyl sites for hydroxylation is 1. The zero-order valence-electron chi connectivity index (χ0n) is 14.5. The van der Waals surface area contributed by atoms with Crippen molar-refractivity contribution in [2.24, 2.45) is 0 Å². The van der Waals surface area contributed by atoms with E-state index in [-0.39, 0.29) is 11.8 Å². The summed E-state index contributed by atoms with van der Waals surface area (Å²) < 4.78 is 5.15. The first-order chi connectivity index (χ1) is 12.1. The van der Waals surface area contributed by atoms with E-state index >= 15 is 0 Å². The Morgan fingerprint density at radius 3 is 2.56 bits per heavy atom. The van der Waals surface area contributed by atoms with E-state index < -0.39 is 6.04 Å². The van der Waals surface area contributed by atoms with E-state index in [1.807, 2.05) is 48.5 Å². The number of hydrogen-bond acceptors (Lipinski definition) is 3. The third-order valence-corrected chi connectivity index (χ3v) is 4.58. The van der Waals surface area contributed by atoms with Crippen LogP contribution in [-0.2, 0) is 22.4 Å². The van der Waals surface area contributed by atoms with E-state index in [0.717, 1.165) is 22.6 Å². The van der Waals surface area contributed by atoms with Gasteiger partial charge in [-0.15, -0.1) is 0 Å². The van der Waals surface area contributed by atoms with Crippen LogP contribution in [0, 0.1) is 0 Å². The molecule has 1 atom stereocenters. The Morgan fingerprint density at radius 2 is 1.88 bits per heavy atom. The summed E-state index contributed by atoms with van der Waals surface area (Å²) in [5, 5.41) is 2.67. The van der Waals surface area contributed by atoms with Crippen LogP contribution in [0.4, 0.5) is 5.69 Å². The monoisotopic (exact) mass is 338 g/mol. The van der Waals surface area contributed by atoms with Gasteiger partial charge in [-0.2, -0.15) is 0 Å². The topological polar surface area (TPSA) is 58.6 Å². The largest absolute Gasteiger partial charge is 0.497 e. The summed E-state index contributed by atoms with van der Waals surface area (Å²) in [6.45, 7) is 0. The fraction of sp³-hybridized carbons (Fsp3) is 0.300. The van der Waals surface area contributed by atoms with E-state index in [4.69, 9.17) is 4.74 Å². The molecule has 2 aromatic carbocycles. The van der Waals surface area contributed by atoms with Gasteiger partial charge >= 0.3 is 0 Å². The average Bonchev–Trinajstić information content (AvgIpc) is 3.05. The van der Waals surface area contributed by atoms with Gasteiger partial charge in [0.1, 0.15) is 11.8 Å². The molecule has 5 nitrogen and oxygen atoms in total. The summed E-state index contributed by atoms with van der Waals surface area (Å²) in [7, 11) is 3.23. The summed E-state index contributed by atoms with van der Waals surface area (Å²) in [6.07, 6.45) is 1.54. The standard InChI is InChI=1S/C20H22N2O3/c1-21-20(24)18-13-15-5-3-4-6-17(15)22(18)19(23)12-9-14-7-10-16(25-2)11-8-14/h3-8,10-11,18H,9,12-13H2,1-2H3,(H,21,24)/t18-/m1/s1. The molecule has 25 heavy (non-hydrogen) atoms. The minimum atomic E-state index is -0.467. The molecule has 1 N–H and O–H groups in total. The Labute approximate surface area is 147 Å². The lowest BCUT2D eigenvalue weighted by Gasteiger charge is -2.24. The van der Waals surface area contributed by atoms with Crippen molar-refractivity contribution in [2.45, 2.75) is 25.3 Å². The van der Waals surface area contributed by atoms with Crippen LogP contribution in [0.1, 0.15) is 17.5 Å². The lowest BCUT2D eigenvalue weighted by Crippen LogP contribution is -2.47. The van der Waals surface area contributed by atoms with E-state index in [0.29, 0.717) is 19.3 Å². The Hall–Kier alpha value is -2.82. The SMILES string of the molecule is CNC(=O)[C@H]1Cc2ccccc2N1C(=O)CCc1ccc(OC)cc1. The van der Waals surface area contributed by atoms with Gasteiger partial charge in [-0.05, 0) is 35.7 Å². The van der Waals surface area contributed by atoms with Crippen molar-refractivity contribution in [3.8, 4) is 5.75 Å². The molecule has 0 unspecified atom stereocenters. The molecular formula is C20H22N2O3.